The molecule has 1 N–H and O–H groups in total. The molecule has 0 amide bonds. The molecular formula is C22H21BrN4O3S. The number of rotatable bonds is 7. The zero-order valence-corrected chi connectivity index (χ0v) is 19.7. The molecule has 0 radical (unpaired) electrons. The van der Waals surface area contributed by atoms with Crippen molar-refractivity contribution in [1.82, 2.24) is 15.1 Å². The van der Waals surface area contributed by atoms with E-state index in [2.05, 4.69) is 27.3 Å². The molecule has 1 aromatic carbocycles. The van der Waals surface area contributed by atoms with Crippen molar-refractivity contribution in [3.8, 4) is 28.3 Å². The molecule has 3 heterocycles. The number of halogens is 1. The second-order valence-corrected chi connectivity index (χ2v) is 8.57. The van der Waals surface area contributed by atoms with Gasteiger partial charge >= 0.3 is 0 Å². The highest BCUT2D eigenvalue weighted by Gasteiger charge is 2.38. The summed E-state index contributed by atoms with van der Waals surface area (Å²) in [5.41, 5.74) is 3.06. The van der Waals surface area contributed by atoms with Crippen LogP contribution in [0.25, 0.3) is 10.6 Å². The van der Waals surface area contributed by atoms with Gasteiger partial charge in [-0.1, -0.05) is 12.1 Å². The second kappa shape index (κ2) is 9.14. The molecule has 1 atom stereocenters. The van der Waals surface area contributed by atoms with Crippen molar-refractivity contribution in [3.63, 3.8) is 0 Å². The van der Waals surface area contributed by atoms with Gasteiger partial charge in [0.25, 0.3) is 0 Å². The lowest BCUT2D eigenvalue weighted by atomic mass is 9.83. The summed E-state index contributed by atoms with van der Waals surface area (Å²) >= 11 is 5.17. The van der Waals surface area contributed by atoms with E-state index in [1.165, 1.54) is 0 Å². The van der Waals surface area contributed by atoms with Crippen molar-refractivity contribution < 1.29 is 14.2 Å². The monoisotopic (exact) mass is 500 g/mol. The van der Waals surface area contributed by atoms with Crippen molar-refractivity contribution in [2.75, 3.05) is 20.4 Å². The lowest BCUT2D eigenvalue weighted by molar-refractivity contribution is 0.123. The molecule has 0 aliphatic carbocycles. The van der Waals surface area contributed by atoms with Crippen molar-refractivity contribution in [2.24, 2.45) is 7.05 Å². The number of allylic oxidation sites excluding steroid dienone is 1. The van der Waals surface area contributed by atoms with Crippen LogP contribution in [0, 0.1) is 11.3 Å². The van der Waals surface area contributed by atoms with Gasteiger partial charge in [-0.2, -0.15) is 10.4 Å². The van der Waals surface area contributed by atoms with Gasteiger partial charge in [0, 0.05) is 13.7 Å². The van der Waals surface area contributed by atoms with Crippen molar-refractivity contribution in [3.05, 3.63) is 62.8 Å². The number of aromatic nitrogens is 2. The number of aryl methyl sites for hydroxylation is 1. The zero-order valence-electron chi connectivity index (χ0n) is 17.3. The Morgan fingerprint density at radius 3 is 2.87 bits per heavy atom. The van der Waals surface area contributed by atoms with Gasteiger partial charge in [-0.25, -0.2) is 4.68 Å². The summed E-state index contributed by atoms with van der Waals surface area (Å²) in [7, 11) is 3.47. The Kier molecular flexibility index (Phi) is 6.32. The van der Waals surface area contributed by atoms with E-state index in [1.54, 1.807) is 23.1 Å². The van der Waals surface area contributed by atoms with Crippen LogP contribution in [0.5, 0.6) is 11.6 Å². The van der Waals surface area contributed by atoms with Gasteiger partial charge in [0.2, 0.25) is 11.8 Å². The predicted octanol–water partition coefficient (Wildman–Crippen LogP) is 4.76. The van der Waals surface area contributed by atoms with Gasteiger partial charge in [0.15, 0.2) is 0 Å². The molecule has 1 aliphatic heterocycles. The van der Waals surface area contributed by atoms with Crippen LogP contribution in [0.2, 0.25) is 0 Å². The standard InChI is InChI=1S/C22H21BrN4O3S/c1-4-29-12-25-21-14(11-24)18(13-7-8-16(28-3)15(23)10-13)19-20(17-6-5-9-31-17)26-27(2)22(19)30-21/h5-10,18,25H,4,12H2,1-3H3. The number of benzene rings is 1. The largest absolute Gasteiger partial charge is 0.496 e. The Balaban J connectivity index is 1.92. The van der Waals surface area contributed by atoms with E-state index in [4.69, 9.17) is 19.3 Å². The molecule has 9 heteroatoms. The van der Waals surface area contributed by atoms with Crippen LogP contribution in [-0.2, 0) is 11.8 Å². The highest BCUT2D eigenvalue weighted by molar-refractivity contribution is 9.10. The van der Waals surface area contributed by atoms with E-state index < -0.39 is 0 Å². The Labute approximate surface area is 193 Å². The Morgan fingerprint density at radius 1 is 1.39 bits per heavy atom. The summed E-state index contributed by atoms with van der Waals surface area (Å²) in [6.45, 7) is 2.70. The number of hydrogen-bond acceptors (Lipinski definition) is 7. The topological polar surface area (TPSA) is 81.3 Å². The molecule has 4 rings (SSSR count). The quantitative estimate of drug-likeness (QED) is 0.371. The lowest BCUT2D eigenvalue weighted by Crippen LogP contribution is -2.28. The number of fused-ring (bicyclic) bond motifs is 1. The van der Waals surface area contributed by atoms with Gasteiger partial charge in [-0.05, 0) is 52.0 Å². The average molecular weight is 501 g/mol. The van der Waals surface area contributed by atoms with Gasteiger partial charge in [0.05, 0.1) is 27.9 Å². The van der Waals surface area contributed by atoms with Crippen LogP contribution in [0.15, 0.2) is 51.6 Å². The molecule has 2 aromatic heterocycles. The Morgan fingerprint density at radius 2 is 2.23 bits per heavy atom. The van der Waals surface area contributed by atoms with Crippen LogP contribution >= 0.6 is 27.3 Å². The molecule has 1 unspecified atom stereocenters. The first-order chi connectivity index (χ1) is 15.1. The zero-order chi connectivity index (χ0) is 22.0. The first-order valence-electron chi connectivity index (χ1n) is 9.66. The normalized spacial score (nSPS) is 15.3. The molecular weight excluding hydrogens is 480 g/mol. The smallest absolute Gasteiger partial charge is 0.224 e. The molecule has 160 valence electrons. The number of methoxy groups -OCH3 is 1. The lowest BCUT2D eigenvalue weighted by Gasteiger charge is -2.27. The fraction of sp³-hybridized carbons (Fsp3) is 0.273. The first kappa shape index (κ1) is 21.4. The molecule has 3 aromatic rings. The number of thiophene rings is 1. The summed E-state index contributed by atoms with van der Waals surface area (Å²) in [6, 6.07) is 12.2. The molecule has 0 fully saturated rings. The average Bonchev–Trinajstić information content (AvgIpc) is 3.41. The molecule has 0 saturated carbocycles. The molecule has 7 nitrogen and oxygen atoms in total. The summed E-state index contributed by atoms with van der Waals surface area (Å²) in [4.78, 5) is 1.01. The molecule has 31 heavy (non-hydrogen) atoms. The third kappa shape index (κ3) is 3.94. The number of nitrogens with one attached hydrogen (secondary N) is 1. The van der Waals surface area contributed by atoms with E-state index >= 15 is 0 Å². The maximum atomic E-state index is 10.1. The van der Waals surface area contributed by atoms with Gasteiger partial charge in [0.1, 0.15) is 29.8 Å². The summed E-state index contributed by atoms with van der Waals surface area (Å²) < 4.78 is 19.5. The third-order valence-corrected chi connectivity index (χ3v) is 6.47. The number of hydrogen-bond donors (Lipinski definition) is 1. The van der Waals surface area contributed by atoms with Gasteiger partial charge < -0.3 is 19.5 Å². The van der Waals surface area contributed by atoms with Crippen LogP contribution in [0.1, 0.15) is 24.0 Å². The van der Waals surface area contributed by atoms with Crippen molar-refractivity contribution in [2.45, 2.75) is 12.8 Å². The van der Waals surface area contributed by atoms with E-state index in [-0.39, 0.29) is 12.6 Å². The summed E-state index contributed by atoms with van der Waals surface area (Å²) in [5.74, 6) is 1.32. The maximum Gasteiger partial charge on any atom is 0.224 e. The van der Waals surface area contributed by atoms with Crippen LogP contribution in [-0.4, -0.2) is 30.2 Å². The molecule has 0 spiro atoms. The van der Waals surface area contributed by atoms with E-state index in [1.807, 2.05) is 49.7 Å². The highest BCUT2D eigenvalue weighted by Crippen LogP contribution is 2.48. The van der Waals surface area contributed by atoms with Gasteiger partial charge in [-0.15, -0.1) is 11.3 Å². The predicted molar refractivity (Wildman–Crippen MR) is 122 cm³/mol. The maximum absolute atomic E-state index is 10.1. The second-order valence-electron chi connectivity index (χ2n) is 6.77. The van der Waals surface area contributed by atoms with E-state index in [0.717, 1.165) is 31.9 Å². The third-order valence-electron chi connectivity index (χ3n) is 4.97. The van der Waals surface area contributed by atoms with E-state index in [9.17, 15) is 5.26 Å². The highest BCUT2D eigenvalue weighted by atomic mass is 79.9. The number of nitrogens with zero attached hydrogens (tertiary/aromatic N) is 3. The number of nitriles is 1. The minimum Gasteiger partial charge on any atom is -0.496 e. The van der Waals surface area contributed by atoms with Gasteiger partial charge in [-0.3, -0.25) is 0 Å². The fourth-order valence-corrected chi connectivity index (χ4v) is 4.87. The van der Waals surface area contributed by atoms with Crippen molar-refractivity contribution >= 4 is 27.3 Å². The SMILES string of the molecule is CCOCNC1=C(C#N)C(c2ccc(OC)c(Br)c2)c2c(-c3cccs3)nn(C)c2O1. The minimum absolute atomic E-state index is 0.237. The molecule has 1 aliphatic rings. The van der Waals surface area contributed by atoms with Crippen LogP contribution in [0.3, 0.4) is 0 Å². The number of ether oxygens (including phenoxy) is 3. The summed E-state index contributed by atoms with van der Waals surface area (Å²) in [5, 5.41) is 20.0. The summed E-state index contributed by atoms with van der Waals surface area (Å²) in [6.07, 6.45) is 0. The van der Waals surface area contributed by atoms with Crippen LogP contribution in [0.4, 0.5) is 0 Å². The Bertz CT molecular complexity index is 1160. The molecule has 0 bridgehead atoms. The van der Waals surface area contributed by atoms with Crippen molar-refractivity contribution in [1.29, 1.82) is 5.26 Å². The fourth-order valence-electron chi connectivity index (χ4n) is 3.59. The minimum atomic E-state index is -0.370. The van der Waals surface area contributed by atoms with E-state index in [0.29, 0.717) is 23.9 Å². The molecule has 0 saturated heterocycles. The Hall–Kier alpha value is -2.80. The first-order valence-corrected chi connectivity index (χ1v) is 11.3. The van der Waals surface area contributed by atoms with Crippen LogP contribution < -0.4 is 14.8 Å².